The molecule has 0 aliphatic rings. The number of methoxy groups -OCH3 is 1. The first-order chi connectivity index (χ1) is 7.71. The molecule has 16 heavy (non-hydrogen) atoms. The van der Waals surface area contributed by atoms with E-state index in [0.717, 1.165) is 11.1 Å². The Balaban J connectivity index is 3.09. The van der Waals surface area contributed by atoms with Gasteiger partial charge >= 0.3 is 5.97 Å². The molecule has 0 bridgehead atoms. The van der Waals surface area contributed by atoms with Crippen molar-refractivity contribution < 1.29 is 9.53 Å². The highest BCUT2D eigenvalue weighted by Crippen LogP contribution is 2.11. The number of carbonyl (C=O) groups is 1. The van der Waals surface area contributed by atoms with E-state index in [-0.39, 0.29) is 5.57 Å². The number of rotatable bonds is 3. The van der Waals surface area contributed by atoms with Gasteiger partial charge in [0.2, 0.25) is 0 Å². The molecule has 3 nitrogen and oxygen atoms in total. The minimum atomic E-state index is -0.633. The van der Waals surface area contributed by atoms with Crippen molar-refractivity contribution in [1.82, 2.24) is 0 Å². The van der Waals surface area contributed by atoms with Gasteiger partial charge in [0, 0.05) is 0 Å². The van der Waals surface area contributed by atoms with E-state index >= 15 is 0 Å². The molecule has 0 N–H and O–H groups in total. The summed E-state index contributed by atoms with van der Waals surface area (Å²) in [5, 5.41) is 8.78. The topological polar surface area (TPSA) is 50.1 Å². The standard InChI is InChI=1S/C13H11NO2/c1-3-10-5-4-6-11(7-10)8-12(9-14)13(15)16-2/h3-8H,1H2,2H3. The molecule has 0 spiro atoms. The van der Waals surface area contributed by atoms with Gasteiger partial charge in [0.1, 0.15) is 11.6 Å². The highest BCUT2D eigenvalue weighted by molar-refractivity contribution is 5.97. The highest BCUT2D eigenvalue weighted by Gasteiger charge is 2.07. The summed E-state index contributed by atoms with van der Waals surface area (Å²) in [6.45, 7) is 3.65. The second-order valence-electron chi connectivity index (χ2n) is 3.04. The summed E-state index contributed by atoms with van der Waals surface area (Å²) >= 11 is 0. The van der Waals surface area contributed by atoms with Gasteiger partial charge in [0.05, 0.1) is 7.11 Å². The zero-order valence-electron chi connectivity index (χ0n) is 8.93. The lowest BCUT2D eigenvalue weighted by Crippen LogP contribution is -2.02. The van der Waals surface area contributed by atoms with Crippen molar-refractivity contribution in [3.63, 3.8) is 0 Å². The molecular formula is C13H11NO2. The van der Waals surface area contributed by atoms with Gasteiger partial charge in [-0.3, -0.25) is 0 Å². The van der Waals surface area contributed by atoms with Crippen LogP contribution in [0, 0.1) is 11.3 Å². The second-order valence-corrected chi connectivity index (χ2v) is 3.04. The number of benzene rings is 1. The minimum absolute atomic E-state index is 0.0243. The lowest BCUT2D eigenvalue weighted by Gasteiger charge is -1.98. The van der Waals surface area contributed by atoms with Gasteiger partial charge in [0.15, 0.2) is 0 Å². The molecule has 0 saturated heterocycles. The van der Waals surface area contributed by atoms with E-state index in [0.29, 0.717) is 0 Å². The van der Waals surface area contributed by atoms with Crippen molar-refractivity contribution in [2.75, 3.05) is 7.11 Å². The Morgan fingerprint density at radius 1 is 1.50 bits per heavy atom. The van der Waals surface area contributed by atoms with E-state index in [1.165, 1.54) is 13.2 Å². The van der Waals surface area contributed by atoms with Crippen molar-refractivity contribution in [2.45, 2.75) is 0 Å². The van der Waals surface area contributed by atoms with Crippen LogP contribution in [0.25, 0.3) is 12.2 Å². The minimum Gasteiger partial charge on any atom is -0.465 e. The molecule has 0 aliphatic heterocycles. The first-order valence-corrected chi connectivity index (χ1v) is 4.64. The van der Waals surface area contributed by atoms with E-state index in [1.807, 2.05) is 18.2 Å². The average molecular weight is 213 g/mol. The summed E-state index contributed by atoms with van der Waals surface area (Å²) in [5.74, 6) is -0.633. The normalized spacial score (nSPS) is 10.4. The van der Waals surface area contributed by atoms with Crippen molar-refractivity contribution in [3.05, 3.63) is 47.5 Å². The van der Waals surface area contributed by atoms with E-state index in [4.69, 9.17) is 5.26 Å². The third-order valence-corrected chi connectivity index (χ3v) is 1.98. The third-order valence-electron chi connectivity index (χ3n) is 1.98. The van der Waals surface area contributed by atoms with E-state index < -0.39 is 5.97 Å². The summed E-state index contributed by atoms with van der Waals surface area (Å²) < 4.78 is 4.48. The summed E-state index contributed by atoms with van der Waals surface area (Å²) in [6, 6.07) is 9.14. The van der Waals surface area contributed by atoms with Gasteiger partial charge in [-0.1, -0.05) is 30.9 Å². The average Bonchev–Trinajstić information content (AvgIpc) is 2.35. The van der Waals surface area contributed by atoms with Crippen LogP contribution < -0.4 is 0 Å². The van der Waals surface area contributed by atoms with E-state index in [2.05, 4.69) is 11.3 Å². The molecule has 0 fully saturated rings. The van der Waals surface area contributed by atoms with Gasteiger partial charge in [-0.2, -0.15) is 5.26 Å². The fourth-order valence-corrected chi connectivity index (χ4v) is 1.19. The molecule has 0 radical (unpaired) electrons. The number of nitrogens with zero attached hydrogens (tertiary/aromatic N) is 1. The SMILES string of the molecule is C=Cc1cccc(C=C(C#N)C(=O)OC)c1. The van der Waals surface area contributed by atoms with Crippen LogP contribution in [-0.2, 0) is 9.53 Å². The monoisotopic (exact) mass is 213 g/mol. The lowest BCUT2D eigenvalue weighted by molar-refractivity contribution is -0.135. The fourth-order valence-electron chi connectivity index (χ4n) is 1.19. The summed E-state index contributed by atoms with van der Waals surface area (Å²) in [5.41, 5.74) is 1.67. The van der Waals surface area contributed by atoms with Crippen LogP contribution in [0.3, 0.4) is 0 Å². The third kappa shape index (κ3) is 2.82. The van der Waals surface area contributed by atoms with Crippen LogP contribution >= 0.6 is 0 Å². The zero-order valence-corrected chi connectivity index (χ0v) is 8.93. The molecule has 0 atom stereocenters. The summed E-state index contributed by atoms with van der Waals surface area (Å²) in [7, 11) is 1.24. The molecule has 3 heteroatoms. The maximum atomic E-state index is 11.2. The Morgan fingerprint density at radius 3 is 2.75 bits per heavy atom. The molecular weight excluding hydrogens is 202 g/mol. The van der Waals surface area contributed by atoms with Gasteiger partial charge in [-0.05, 0) is 23.3 Å². The Labute approximate surface area is 94.3 Å². The predicted octanol–water partition coefficient (Wildman–Crippen LogP) is 2.41. The molecule has 1 aromatic carbocycles. The molecule has 0 saturated carbocycles. The van der Waals surface area contributed by atoms with Gasteiger partial charge in [0.25, 0.3) is 0 Å². The van der Waals surface area contributed by atoms with Crippen molar-refractivity contribution in [3.8, 4) is 6.07 Å². The maximum absolute atomic E-state index is 11.2. The smallest absolute Gasteiger partial charge is 0.348 e. The first kappa shape index (κ1) is 11.7. The van der Waals surface area contributed by atoms with Crippen LogP contribution in [0.2, 0.25) is 0 Å². The number of hydrogen-bond donors (Lipinski definition) is 0. The lowest BCUT2D eigenvalue weighted by atomic mass is 10.1. The number of ether oxygens (including phenoxy) is 1. The van der Waals surface area contributed by atoms with Crippen LogP contribution in [-0.4, -0.2) is 13.1 Å². The van der Waals surface area contributed by atoms with Gasteiger partial charge < -0.3 is 4.74 Å². The Hall–Kier alpha value is -2.34. The number of hydrogen-bond acceptors (Lipinski definition) is 3. The maximum Gasteiger partial charge on any atom is 0.348 e. The van der Waals surface area contributed by atoms with Crippen LogP contribution in [0.4, 0.5) is 0 Å². The van der Waals surface area contributed by atoms with Crippen molar-refractivity contribution in [2.24, 2.45) is 0 Å². The van der Waals surface area contributed by atoms with Gasteiger partial charge in [-0.25, -0.2) is 4.79 Å². The quantitative estimate of drug-likeness (QED) is 0.440. The van der Waals surface area contributed by atoms with E-state index in [1.54, 1.807) is 18.2 Å². The number of nitriles is 1. The molecule has 1 aromatic rings. The van der Waals surface area contributed by atoms with Crippen LogP contribution in [0.15, 0.2) is 36.4 Å². The first-order valence-electron chi connectivity index (χ1n) is 4.64. The molecule has 0 unspecified atom stereocenters. The van der Waals surface area contributed by atoms with Crippen molar-refractivity contribution in [1.29, 1.82) is 5.26 Å². The molecule has 0 aromatic heterocycles. The molecule has 0 aliphatic carbocycles. The second kappa shape index (κ2) is 5.52. The summed E-state index contributed by atoms with van der Waals surface area (Å²) in [4.78, 5) is 11.2. The Bertz CT molecular complexity index is 481. The van der Waals surface area contributed by atoms with Crippen LogP contribution in [0.1, 0.15) is 11.1 Å². The molecule has 0 amide bonds. The number of carbonyl (C=O) groups excluding carboxylic acids is 1. The summed E-state index contributed by atoms with van der Waals surface area (Å²) in [6.07, 6.45) is 3.18. The van der Waals surface area contributed by atoms with Crippen molar-refractivity contribution >= 4 is 18.1 Å². The molecule has 80 valence electrons. The molecule has 1 rings (SSSR count). The van der Waals surface area contributed by atoms with Crippen LogP contribution in [0.5, 0.6) is 0 Å². The zero-order chi connectivity index (χ0) is 12.0. The highest BCUT2D eigenvalue weighted by atomic mass is 16.5. The van der Waals surface area contributed by atoms with Gasteiger partial charge in [-0.15, -0.1) is 0 Å². The Kier molecular flexibility index (Phi) is 4.05. The number of esters is 1. The predicted molar refractivity (Wildman–Crippen MR) is 62.1 cm³/mol. The Morgan fingerprint density at radius 2 is 2.19 bits per heavy atom. The fraction of sp³-hybridized carbons (Fsp3) is 0.0769. The molecule has 0 heterocycles. The van der Waals surface area contributed by atoms with E-state index in [9.17, 15) is 4.79 Å². The largest absolute Gasteiger partial charge is 0.465 e.